The summed E-state index contributed by atoms with van der Waals surface area (Å²) in [6.45, 7) is 4.67. The van der Waals surface area contributed by atoms with Crippen molar-refractivity contribution in [2.75, 3.05) is 6.54 Å². The van der Waals surface area contributed by atoms with Gasteiger partial charge >= 0.3 is 12.1 Å². The van der Waals surface area contributed by atoms with Crippen molar-refractivity contribution >= 4 is 12.1 Å². The van der Waals surface area contributed by atoms with Crippen LogP contribution < -0.4 is 5.32 Å². The predicted molar refractivity (Wildman–Crippen MR) is 51.4 cm³/mol. The monoisotopic (exact) mass is 221 g/mol. The molecule has 0 aromatic heterocycles. The van der Waals surface area contributed by atoms with E-state index in [0.717, 1.165) is 0 Å². The minimum Gasteiger partial charge on any atom is -0.481 e. The van der Waals surface area contributed by atoms with Gasteiger partial charge in [0.25, 0.3) is 0 Å². The van der Waals surface area contributed by atoms with Crippen LogP contribution in [0.4, 0.5) is 9.18 Å². The third-order valence-corrected chi connectivity index (χ3v) is 1.26. The third-order valence-electron chi connectivity index (χ3n) is 1.26. The van der Waals surface area contributed by atoms with Crippen LogP contribution in [-0.4, -0.2) is 35.5 Å². The molecule has 0 aromatic rings. The SMILES string of the molecule is CC(C)(C)OC(=O)NC[C@H](F)CC(=O)O. The van der Waals surface area contributed by atoms with Gasteiger partial charge in [0, 0.05) is 0 Å². The first kappa shape index (κ1) is 13.7. The van der Waals surface area contributed by atoms with Crippen LogP contribution in [0.5, 0.6) is 0 Å². The third kappa shape index (κ3) is 8.99. The smallest absolute Gasteiger partial charge is 0.407 e. The van der Waals surface area contributed by atoms with Gasteiger partial charge in [-0.05, 0) is 20.8 Å². The van der Waals surface area contributed by atoms with Gasteiger partial charge < -0.3 is 15.2 Å². The lowest BCUT2D eigenvalue weighted by Gasteiger charge is -2.20. The molecule has 0 unspecified atom stereocenters. The number of hydrogen-bond acceptors (Lipinski definition) is 3. The van der Waals surface area contributed by atoms with Gasteiger partial charge in [-0.3, -0.25) is 4.79 Å². The van der Waals surface area contributed by atoms with Crippen LogP contribution in [0.1, 0.15) is 27.2 Å². The Morgan fingerprint density at radius 1 is 1.47 bits per heavy atom. The van der Waals surface area contributed by atoms with Crippen molar-refractivity contribution < 1.29 is 23.8 Å². The Morgan fingerprint density at radius 3 is 2.40 bits per heavy atom. The Balaban J connectivity index is 3.76. The van der Waals surface area contributed by atoms with E-state index in [1.54, 1.807) is 20.8 Å². The van der Waals surface area contributed by atoms with E-state index in [2.05, 4.69) is 5.32 Å². The zero-order valence-electron chi connectivity index (χ0n) is 9.04. The number of rotatable bonds is 4. The normalized spacial score (nSPS) is 13.1. The highest BCUT2D eigenvalue weighted by Gasteiger charge is 2.18. The molecule has 1 atom stereocenters. The second-order valence-corrected chi connectivity index (χ2v) is 4.08. The number of carboxylic acid groups (broad SMARTS) is 1. The van der Waals surface area contributed by atoms with E-state index < -0.39 is 30.3 Å². The average Bonchev–Trinajstić information content (AvgIpc) is 1.96. The van der Waals surface area contributed by atoms with Gasteiger partial charge in [0.15, 0.2) is 0 Å². The summed E-state index contributed by atoms with van der Waals surface area (Å²) in [7, 11) is 0. The highest BCUT2D eigenvalue weighted by molar-refractivity contribution is 5.69. The van der Waals surface area contributed by atoms with Gasteiger partial charge in [0.1, 0.15) is 11.8 Å². The van der Waals surface area contributed by atoms with E-state index in [1.807, 2.05) is 0 Å². The minimum atomic E-state index is -1.60. The average molecular weight is 221 g/mol. The first-order valence-corrected chi connectivity index (χ1v) is 4.53. The van der Waals surface area contributed by atoms with Gasteiger partial charge in [-0.1, -0.05) is 0 Å². The highest BCUT2D eigenvalue weighted by Crippen LogP contribution is 2.06. The largest absolute Gasteiger partial charge is 0.481 e. The second kappa shape index (κ2) is 5.53. The summed E-state index contributed by atoms with van der Waals surface area (Å²) in [4.78, 5) is 21.1. The zero-order valence-corrected chi connectivity index (χ0v) is 9.04. The standard InChI is InChI=1S/C9H16FNO4/c1-9(2,3)15-8(14)11-5-6(10)4-7(12)13/h6H,4-5H2,1-3H3,(H,11,14)(H,12,13)/t6-/m1/s1. The first-order chi connectivity index (χ1) is 6.70. The number of hydrogen-bond donors (Lipinski definition) is 2. The number of ether oxygens (including phenoxy) is 1. The van der Waals surface area contributed by atoms with E-state index in [9.17, 15) is 14.0 Å². The van der Waals surface area contributed by atoms with E-state index >= 15 is 0 Å². The molecular weight excluding hydrogens is 205 g/mol. The number of alkyl halides is 1. The maximum atomic E-state index is 12.8. The molecule has 88 valence electrons. The lowest BCUT2D eigenvalue weighted by molar-refractivity contribution is -0.138. The van der Waals surface area contributed by atoms with Crippen LogP contribution in [-0.2, 0) is 9.53 Å². The van der Waals surface area contributed by atoms with Crippen molar-refractivity contribution in [1.29, 1.82) is 0 Å². The number of amides is 1. The van der Waals surface area contributed by atoms with E-state index in [1.165, 1.54) is 0 Å². The molecule has 0 spiro atoms. The Kier molecular flexibility index (Phi) is 5.04. The quantitative estimate of drug-likeness (QED) is 0.750. The fourth-order valence-electron chi connectivity index (χ4n) is 0.770. The topological polar surface area (TPSA) is 75.6 Å². The molecule has 0 rings (SSSR count). The summed E-state index contributed by atoms with van der Waals surface area (Å²) in [6.07, 6.45) is -2.99. The number of alkyl carbamates (subject to hydrolysis) is 1. The number of halogens is 1. The molecule has 0 aliphatic carbocycles. The maximum Gasteiger partial charge on any atom is 0.407 e. The molecule has 0 saturated heterocycles. The lowest BCUT2D eigenvalue weighted by atomic mass is 10.2. The van der Waals surface area contributed by atoms with Crippen LogP contribution in [0, 0.1) is 0 Å². The Labute approximate surface area is 87.6 Å². The van der Waals surface area contributed by atoms with Gasteiger partial charge in [0.2, 0.25) is 0 Å². The number of carboxylic acids is 1. The van der Waals surface area contributed by atoms with E-state index in [0.29, 0.717) is 0 Å². The van der Waals surface area contributed by atoms with Gasteiger partial charge in [-0.25, -0.2) is 9.18 Å². The number of aliphatic carboxylic acids is 1. The molecule has 5 nitrogen and oxygen atoms in total. The van der Waals surface area contributed by atoms with E-state index in [-0.39, 0.29) is 6.54 Å². The molecule has 0 bridgehead atoms. The van der Waals surface area contributed by atoms with Crippen molar-refractivity contribution in [1.82, 2.24) is 5.32 Å². The molecular formula is C9H16FNO4. The molecule has 0 saturated carbocycles. The van der Waals surface area contributed by atoms with Crippen LogP contribution in [0.15, 0.2) is 0 Å². The summed E-state index contributed by atoms with van der Waals surface area (Å²) in [5.74, 6) is -1.24. The lowest BCUT2D eigenvalue weighted by Crippen LogP contribution is -2.36. The van der Waals surface area contributed by atoms with Crippen molar-refractivity contribution in [2.24, 2.45) is 0 Å². The molecule has 0 aliphatic rings. The molecule has 15 heavy (non-hydrogen) atoms. The highest BCUT2D eigenvalue weighted by atomic mass is 19.1. The van der Waals surface area contributed by atoms with Gasteiger partial charge in [-0.15, -0.1) is 0 Å². The van der Waals surface area contributed by atoms with E-state index in [4.69, 9.17) is 9.84 Å². The molecule has 0 aromatic carbocycles. The maximum absolute atomic E-state index is 12.8. The second-order valence-electron chi connectivity index (χ2n) is 4.08. The zero-order chi connectivity index (χ0) is 12.1. The summed E-state index contributed by atoms with van der Waals surface area (Å²) in [5, 5.41) is 10.4. The van der Waals surface area contributed by atoms with Crippen LogP contribution in [0.2, 0.25) is 0 Å². The predicted octanol–water partition coefficient (Wildman–Crippen LogP) is 1.32. The van der Waals surface area contributed by atoms with Gasteiger partial charge in [-0.2, -0.15) is 0 Å². The van der Waals surface area contributed by atoms with Crippen molar-refractivity contribution in [3.63, 3.8) is 0 Å². The van der Waals surface area contributed by atoms with Crippen LogP contribution >= 0.6 is 0 Å². The number of carbonyl (C=O) groups excluding carboxylic acids is 1. The fraction of sp³-hybridized carbons (Fsp3) is 0.778. The molecule has 1 amide bonds. The van der Waals surface area contributed by atoms with Crippen LogP contribution in [0.25, 0.3) is 0 Å². The summed E-state index contributed by atoms with van der Waals surface area (Å²) < 4.78 is 17.6. The molecule has 0 aliphatic heterocycles. The Hall–Kier alpha value is -1.33. The molecule has 0 heterocycles. The molecule has 0 fully saturated rings. The summed E-state index contributed by atoms with van der Waals surface area (Å²) in [6, 6.07) is 0. The molecule has 2 N–H and O–H groups in total. The minimum absolute atomic E-state index is 0.360. The van der Waals surface area contributed by atoms with Crippen molar-refractivity contribution in [3.05, 3.63) is 0 Å². The number of nitrogens with one attached hydrogen (secondary N) is 1. The molecule has 6 heteroatoms. The Morgan fingerprint density at radius 2 is 2.00 bits per heavy atom. The summed E-state index contributed by atoms with van der Waals surface area (Å²) >= 11 is 0. The van der Waals surface area contributed by atoms with Crippen molar-refractivity contribution in [3.8, 4) is 0 Å². The van der Waals surface area contributed by atoms with Gasteiger partial charge in [0.05, 0.1) is 13.0 Å². The fourth-order valence-corrected chi connectivity index (χ4v) is 0.770. The Bertz CT molecular complexity index is 237. The number of carbonyl (C=O) groups is 2. The summed E-state index contributed by atoms with van der Waals surface area (Å²) in [5.41, 5.74) is -0.650. The first-order valence-electron chi connectivity index (χ1n) is 4.53. The van der Waals surface area contributed by atoms with Crippen LogP contribution in [0.3, 0.4) is 0 Å². The van der Waals surface area contributed by atoms with Crippen molar-refractivity contribution in [2.45, 2.75) is 39.0 Å². The molecule has 0 radical (unpaired) electrons.